The average molecular weight is 204 g/mol. The van der Waals surface area contributed by atoms with Crippen LogP contribution in [-0.2, 0) is 11.2 Å². The Labute approximate surface area is 87.2 Å². The molecule has 0 radical (unpaired) electrons. The molecule has 0 aliphatic carbocycles. The van der Waals surface area contributed by atoms with E-state index in [1.807, 2.05) is 28.8 Å². The zero-order valence-corrected chi connectivity index (χ0v) is 8.42. The molecule has 2 rings (SSSR count). The second-order valence-corrected chi connectivity index (χ2v) is 3.63. The van der Waals surface area contributed by atoms with Crippen LogP contribution >= 0.6 is 0 Å². The van der Waals surface area contributed by atoms with Crippen LogP contribution in [0.5, 0.6) is 0 Å². The molecule has 0 aliphatic heterocycles. The summed E-state index contributed by atoms with van der Waals surface area (Å²) in [6.45, 7) is 1.69. The van der Waals surface area contributed by atoms with E-state index in [2.05, 4.69) is 4.98 Å². The molecule has 78 valence electrons. The summed E-state index contributed by atoms with van der Waals surface area (Å²) < 4.78 is 1.89. The summed E-state index contributed by atoms with van der Waals surface area (Å²) in [7, 11) is 0. The van der Waals surface area contributed by atoms with Gasteiger partial charge in [0.25, 0.3) is 0 Å². The lowest BCUT2D eigenvalue weighted by Gasteiger charge is -2.03. The highest BCUT2D eigenvalue weighted by Crippen LogP contribution is 2.13. The Morgan fingerprint density at radius 1 is 1.60 bits per heavy atom. The SMILES string of the molecule is CC(Cc1ncn2ccccc12)C(=O)O. The van der Waals surface area contributed by atoms with Gasteiger partial charge in [-0.05, 0) is 12.1 Å². The number of rotatable bonds is 3. The fourth-order valence-corrected chi connectivity index (χ4v) is 1.53. The third-order valence-electron chi connectivity index (χ3n) is 2.44. The number of carbonyl (C=O) groups is 1. The molecule has 0 spiro atoms. The molecule has 4 nitrogen and oxygen atoms in total. The normalized spacial score (nSPS) is 12.9. The van der Waals surface area contributed by atoms with Crippen molar-refractivity contribution in [1.82, 2.24) is 9.38 Å². The summed E-state index contributed by atoms with van der Waals surface area (Å²) in [5, 5.41) is 8.82. The molecular formula is C11H12N2O2. The van der Waals surface area contributed by atoms with Crippen LogP contribution in [0.4, 0.5) is 0 Å². The molecule has 2 heterocycles. The molecular weight excluding hydrogens is 192 g/mol. The van der Waals surface area contributed by atoms with E-state index in [9.17, 15) is 4.79 Å². The van der Waals surface area contributed by atoms with Gasteiger partial charge in [-0.15, -0.1) is 0 Å². The number of carboxylic acid groups (broad SMARTS) is 1. The van der Waals surface area contributed by atoms with E-state index in [1.54, 1.807) is 13.3 Å². The summed E-state index contributed by atoms with van der Waals surface area (Å²) in [5.41, 5.74) is 1.82. The van der Waals surface area contributed by atoms with Crippen LogP contribution in [0, 0.1) is 5.92 Å². The van der Waals surface area contributed by atoms with Crippen LogP contribution in [-0.4, -0.2) is 20.5 Å². The topological polar surface area (TPSA) is 54.6 Å². The first-order valence-corrected chi connectivity index (χ1v) is 4.82. The third-order valence-corrected chi connectivity index (χ3v) is 2.44. The third kappa shape index (κ3) is 1.83. The zero-order chi connectivity index (χ0) is 10.8. The second-order valence-electron chi connectivity index (χ2n) is 3.63. The van der Waals surface area contributed by atoms with Crippen molar-refractivity contribution in [1.29, 1.82) is 0 Å². The molecule has 0 aliphatic rings. The number of imidazole rings is 1. The summed E-state index contributed by atoms with van der Waals surface area (Å²) in [6.07, 6.45) is 4.08. The molecule has 0 saturated heterocycles. The van der Waals surface area contributed by atoms with E-state index < -0.39 is 11.9 Å². The van der Waals surface area contributed by atoms with Crippen LogP contribution in [0.1, 0.15) is 12.6 Å². The molecule has 0 fully saturated rings. The van der Waals surface area contributed by atoms with Crippen LogP contribution in [0.3, 0.4) is 0 Å². The van der Waals surface area contributed by atoms with Crippen LogP contribution < -0.4 is 0 Å². The lowest BCUT2D eigenvalue weighted by molar-refractivity contribution is -0.141. The van der Waals surface area contributed by atoms with E-state index in [0.717, 1.165) is 11.2 Å². The van der Waals surface area contributed by atoms with E-state index in [0.29, 0.717) is 6.42 Å². The Morgan fingerprint density at radius 2 is 2.40 bits per heavy atom. The largest absolute Gasteiger partial charge is 0.481 e. The quantitative estimate of drug-likeness (QED) is 0.826. The number of fused-ring (bicyclic) bond motifs is 1. The highest BCUT2D eigenvalue weighted by Gasteiger charge is 2.14. The lowest BCUT2D eigenvalue weighted by atomic mass is 10.1. The van der Waals surface area contributed by atoms with Crippen LogP contribution in [0.15, 0.2) is 30.7 Å². The maximum Gasteiger partial charge on any atom is 0.306 e. The number of pyridine rings is 1. The number of hydrogen-bond acceptors (Lipinski definition) is 2. The van der Waals surface area contributed by atoms with Crippen molar-refractivity contribution in [3.63, 3.8) is 0 Å². The zero-order valence-electron chi connectivity index (χ0n) is 8.42. The fourth-order valence-electron chi connectivity index (χ4n) is 1.53. The first-order chi connectivity index (χ1) is 7.18. The Balaban J connectivity index is 2.32. The summed E-state index contributed by atoms with van der Waals surface area (Å²) >= 11 is 0. The molecule has 4 heteroatoms. The smallest absolute Gasteiger partial charge is 0.306 e. The minimum atomic E-state index is -0.785. The predicted molar refractivity (Wildman–Crippen MR) is 55.7 cm³/mol. The minimum Gasteiger partial charge on any atom is -0.481 e. The molecule has 1 unspecified atom stereocenters. The van der Waals surface area contributed by atoms with Gasteiger partial charge in [-0.25, -0.2) is 4.98 Å². The average Bonchev–Trinajstić information content (AvgIpc) is 2.62. The molecule has 1 N–H and O–H groups in total. The standard InChI is InChI=1S/C11H12N2O2/c1-8(11(14)15)6-9-10-4-2-3-5-13(10)7-12-9/h2-5,7-8H,6H2,1H3,(H,14,15). The van der Waals surface area contributed by atoms with E-state index >= 15 is 0 Å². The van der Waals surface area contributed by atoms with Gasteiger partial charge >= 0.3 is 5.97 Å². The monoisotopic (exact) mass is 204 g/mol. The molecule has 0 saturated carbocycles. The lowest BCUT2D eigenvalue weighted by Crippen LogP contribution is -2.12. The van der Waals surface area contributed by atoms with Gasteiger partial charge in [0.15, 0.2) is 0 Å². The van der Waals surface area contributed by atoms with Crippen molar-refractivity contribution in [2.45, 2.75) is 13.3 Å². The fraction of sp³-hybridized carbons (Fsp3) is 0.273. The summed E-state index contributed by atoms with van der Waals surface area (Å²) in [5.74, 6) is -1.18. The van der Waals surface area contributed by atoms with Gasteiger partial charge < -0.3 is 9.51 Å². The van der Waals surface area contributed by atoms with Crippen LogP contribution in [0.2, 0.25) is 0 Å². The van der Waals surface area contributed by atoms with Crippen molar-refractivity contribution in [2.75, 3.05) is 0 Å². The molecule has 1 atom stereocenters. The first-order valence-electron chi connectivity index (χ1n) is 4.82. The Hall–Kier alpha value is -1.84. The highest BCUT2D eigenvalue weighted by atomic mass is 16.4. The maximum absolute atomic E-state index is 10.7. The molecule has 2 aromatic heterocycles. The first kappa shape index (κ1) is 9.71. The Bertz CT molecular complexity index is 490. The van der Waals surface area contributed by atoms with Gasteiger partial charge in [-0.3, -0.25) is 4.79 Å². The Kier molecular flexibility index (Phi) is 2.41. The molecule has 15 heavy (non-hydrogen) atoms. The van der Waals surface area contributed by atoms with Gasteiger partial charge in [0.2, 0.25) is 0 Å². The second kappa shape index (κ2) is 3.73. The minimum absolute atomic E-state index is 0.399. The van der Waals surface area contributed by atoms with Crippen molar-refractivity contribution in [2.24, 2.45) is 5.92 Å². The van der Waals surface area contributed by atoms with Gasteiger partial charge in [-0.1, -0.05) is 13.0 Å². The van der Waals surface area contributed by atoms with Gasteiger partial charge in [0, 0.05) is 12.6 Å². The Morgan fingerprint density at radius 3 is 3.13 bits per heavy atom. The predicted octanol–water partition coefficient (Wildman–Crippen LogP) is 1.60. The van der Waals surface area contributed by atoms with Crippen molar-refractivity contribution in [3.05, 3.63) is 36.4 Å². The number of aromatic nitrogens is 2. The summed E-state index contributed by atoms with van der Waals surface area (Å²) in [4.78, 5) is 14.9. The molecule has 0 amide bonds. The summed E-state index contributed by atoms with van der Waals surface area (Å²) in [6, 6.07) is 5.78. The van der Waals surface area contributed by atoms with Crippen molar-refractivity contribution >= 4 is 11.5 Å². The molecule has 0 bridgehead atoms. The number of nitrogens with zero attached hydrogens (tertiary/aromatic N) is 2. The van der Waals surface area contributed by atoms with E-state index in [4.69, 9.17) is 5.11 Å². The van der Waals surface area contributed by atoms with Gasteiger partial charge in [0.1, 0.15) is 0 Å². The number of aliphatic carboxylic acids is 1. The number of hydrogen-bond donors (Lipinski definition) is 1. The van der Waals surface area contributed by atoms with E-state index in [-0.39, 0.29) is 0 Å². The molecule has 2 aromatic rings. The van der Waals surface area contributed by atoms with Gasteiger partial charge in [0.05, 0.1) is 23.5 Å². The van der Waals surface area contributed by atoms with Crippen molar-refractivity contribution in [3.8, 4) is 0 Å². The van der Waals surface area contributed by atoms with Crippen molar-refractivity contribution < 1.29 is 9.90 Å². The maximum atomic E-state index is 10.7. The van der Waals surface area contributed by atoms with E-state index in [1.165, 1.54) is 0 Å². The number of carboxylic acids is 1. The highest BCUT2D eigenvalue weighted by molar-refractivity contribution is 5.70. The van der Waals surface area contributed by atoms with Crippen LogP contribution in [0.25, 0.3) is 5.52 Å². The van der Waals surface area contributed by atoms with Gasteiger partial charge in [-0.2, -0.15) is 0 Å². The molecule has 0 aromatic carbocycles.